The Kier molecular flexibility index (Phi) is 6.28. The zero-order valence-corrected chi connectivity index (χ0v) is 15.2. The number of phenols is 1. The zero-order valence-electron chi connectivity index (χ0n) is 14.4. The Morgan fingerprint density at radius 1 is 1.08 bits per heavy atom. The molecule has 0 aromatic heterocycles. The van der Waals surface area contributed by atoms with Crippen LogP contribution in [-0.4, -0.2) is 5.11 Å². The van der Waals surface area contributed by atoms with Crippen LogP contribution < -0.4 is 0 Å². The van der Waals surface area contributed by atoms with Crippen molar-refractivity contribution in [2.75, 3.05) is 0 Å². The van der Waals surface area contributed by atoms with Crippen LogP contribution in [0.25, 0.3) is 10.8 Å². The standard InChI is InChI=1S/C22H25ClO/c1-15(16(2)11-12-18(4)23)9-10-17(3)20-14-13-19-7-5-6-8-21(19)22(20)24/h5-8,11-15,17,24H,2,4,9-10H2,1,3H3/b12-11-. The maximum Gasteiger partial charge on any atom is 0.126 e. The molecular weight excluding hydrogens is 316 g/mol. The van der Waals surface area contributed by atoms with E-state index in [-0.39, 0.29) is 5.92 Å². The average Bonchev–Trinajstić information content (AvgIpc) is 2.57. The number of hydrogen-bond donors (Lipinski definition) is 1. The monoisotopic (exact) mass is 340 g/mol. The maximum atomic E-state index is 10.6. The molecule has 0 aliphatic rings. The minimum atomic E-state index is 0.289. The van der Waals surface area contributed by atoms with Crippen molar-refractivity contribution in [1.29, 1.82) is 0 Å². The van der Waals surface area contributed by atoms with Crippen LogP contribution in [0.5, 0.6) is 5.75 Å². The first kappa shape index (κ1) is 18.4. The van der Waals surface area contributed by atoms with Crippen LogP contribution in [0.4, 0.5) is 0 Å². The van der Waals surface area contributed by atoms with Gasteiger partial charge in [-0.1, -0.05) is 86.7 Å². The number of phenolic OH excluding ortho intramolecular Hbond substituents is 1. The maximum absolute atomic E-state index is 10.6. The van der Waals surface area contributed by atoms with Gasteiger partial charge in [-0.2, -0.15) is 0 Å². The first-order valence-electron chi connectivity index (χ1n) is 8.32. The van der Waals surface area contributed by atoms with Crippen LogP contribution in [-0.2, 0) is 0 Å². The van der Waals surface area contributed by atoms with E-state index in [2.05, 4.69) is 33.1 Å². The Balaban J connectivity index is 2.05. The van der Waals surface area contributed by atoms with Gasteiger partial charge in [0.15, 0.2) is 0 Å². The summed E-state index contributed by atoms with van der Waals surface area (Å²) >= 11 is 5.75. The van der Waals surface area contributed by atoms with Gasteiger partial charge in [0.05, 0.1) is 0 Å². The molecule has 0 fully saturated rings. The van der Waals surface area contributed by atoms with Crippen molar-refractivity contribution in [2.24, 2.45) is 5.92 Å². The van der Waals surface area contributed by atoms with E-state index in [1.807, 2.05) is 36.4 Å². The molecule has 2 rings (SSSR count). The van der Waals surface area contributed by atoms with Crippen molar-refractivity contribution < 1.29 is 5.11 Å². The number of allylic oxidation sites excluding steroid dienone is 4. The van der Waals surface area contributed by atoms with E-state index in [4.69, 9.17) is 11.6 Å². The van der Waals surface area contributed by atoms with Crippen molar-refractivity contribution in [3.63, 3.8) is 0 Å². The number of hydrogen-bond acceptors (Lipinski definition) is 1. The average molecular weight is 341 g/mol. The first-order chi connectivity index (χ1) is 11.4. The number of benzene rings is 2. The number of rotatable bonds is 7. The lowest BCUT2D eigenvalue weighted by Crippen LogP contribution is -2.01. The summed E-state index contributed by atoms with van der Waals surface area (Å²) in [6.45, 7) is 12.1. The predicted molar refractivity (Wildman–Crippen MR) is 106 cm³/mol. The normalized spacial score (nSPS) is 14.0. The second-order valence-electron chi connectivity index (χ2n) is 6.46. The highest BCUT2D eigenvalue weighted by Gasteiger charge is 2.14. The summed E-state index contributed by atoms with van der Waals surface area (Å²) in [5.74, 6) is 1.06. The fraction of sp³-hybridized carbons (Fsp3) is 0.273. The van der Waals surface area contributed by atoms with E-state index in [0.29, 0.717) is 16.7 Å². The quantitative estimate of drug-likeness (QED) is 0.542. The van der Waals surface area contributed by atoms with Gasteiger partial charge < -0.3 is 5.11 Å². The molecule has 2 unspecified atom stereocenters. The molecule has 2 atom stereocenters. The summed E-state index contributed by atoms with van der Waals surface area (Å²) in [6.07, 6.45) is 5.70. The second kappa shape index (κ2) is 8.21. The SMILES string of the molecule is C=C(Cl)/C=C\C(=C)C(C)CCC(C)c1ccc2ccccc2c1O. The van der Waals surface area contributed by atoms with Crippen LogP contribution in [0, 0.1) is 5.92 Å². The zero-order chi connectivity index (χ0) is 17.7. The van der Waals surface area contributed by atoms with Gasteiger partial charge in [-0.05, 0) is 41.7 Å². The molecule has 0 aliphatic carbocycles. The van der Waals surface area contributed by atoms with Crippen molar-refractivity contribution >= 4 is 22.4 Å². The van der Waals surface area contributed by atoms with Gasteiger partial charge in [0.1, 0.15) is 5.75 Å². The number of halogens is 1. The minimum Gasteiger partial charge on any atom is -0.507 e. The topological polar surface area (TPSA) is 20.2 Å². The molecular formula is C22H25ClO. The third-order valence-electron chi connectivity index (χ3n) is 4.61. The lowest BCUT2D eigenvalue weighted by molar-refractivity contribution is 0.460. The van der Waals surface area contributed by atoms with Gasteiger partial charge in [0.2, 0.25) is 0 Å². The molecule has 2 aromatic carbocycles. The Morgan fingerprint density at radius 2 is 1.79 bits per heavy atom. The van der Waals surface area contributed by atoms with E-state index >= 15 is 0 Å². The molecule has 2 aromatic rings. The fourth-order valence-corrected chi connectivity index (χ4v) is 2.94. The van der Waals surface area contributed by atoms with Gasteiger partial charge in [0, 0.05) is 10.4 Å². The summed E-state index contributed by atoms with van der Waals surface area (Å²) < 4.78 is 0. The van der Waals surface area contributed by atoms with Crippen LogP contribution in [0.3, 0.4) is 0 Å². The highest BCUT2D eigenvalue weighted by atomic mass is 35.5. The van der Waals surface area contributed by atoms with Crippen LogP contribution in [0.15, 0.2) is 72.3 Å². The third kappa shape index (κ3) is 4.52. The van der Waals surface area contributed by atoms with E-state index in [0.717, 1.165) is 34.8 Å². The molecule has 0 amide bonds. The molecule has 1 nitrogen and oxygen atoms in total. The van der Waals surface area contributed by atoms with Gasteiger partial charge in [-0.25, -0.2) is 0 Å². The lowest BCUT2D eigenvalue weighted by Gasteiger charge is -2.18. The molecule has 1 N–H and O–H groups in total. The number of fused-ring (bicyclic) bond motifs is 1. The highest BCUT2D eigenvalue weighted by Crippen LogP contribution is 2.36. The van der Waals surface area contributed by atoms with Gasteiger partial charge >= 0.3 is 0 Å². The molecule has 0 heterocycles. The van der Waals surface area contributed by atoms with Gasteiger partial charge in [-0.3, -0.25) is 0 Å². The largest absolute Gasteiger partial charge is 0.507 e. The summed E-state index contributed by atoms with van der Waals surface area (Å²) in [5.41, 5.74) is 2.06. The molecule has 126 valence electrons. The molecule has 0 saturated carbocycles. The van der Waals surface area contributed by atoms with Gasteiger partial charge in [0.25, 0.3) is 0 Å². The fourth-order valence-electron chi connectivity index (χ4n) is 2.87. The highest BCUT2D eigenvalue weighted by molar-refractivity contribution is 6.30. The van der Waals surface area contributed by atoms with E-state index in [1.165, 1.54) is 0 Å². The van der Waals surface area contributed by atoms with Crippen LogP contribution in [0.2, 0.25) is 0 Å². The number of aromatic hydroxyl groups is 1. The molecule has 0 aliphatic heterocycles. The van der Waals surface area contributed by atoms with E-state index in [1.54, 1.807) is 6.08 Å². The van der Waals surface area contributed by atoms with Gasteiger partial charge in [-0.15, -0.1) is 0 Å². The molecule has 2 heteroatoms. The Hall–Kier alpha value is -1.99. The van der Waals surface area contributed by atoms with Crippen molar-refractivity contribution in [3.8, 4) is 5.75 Å². The third-order valence-corrected chi connectivity index (χ3v) is 4.73. The lowest BCUT2D eigenvalue weighted by atomic mass is 9.88. The Labute approximate surface area is 150 Å². The van der Waals surface area contributed by atoms with E-state index in [9.17, 15) is 5.11 Å². The van der Waals surface area contributed by atoms with Crippen LogP contribution in [0.1, 0.15) is 38.2 Å². The molecule has 0 spiro atoms. The molecule has 0 radical (unpaired) electrons. The summed E-state index contributed by atoms with van der Waals surface area (Å²) in [7, 11) is 0. The molecule has 24 heavy (non-hydrogen) atoms. The molecule has 0 bridgehead atoms. The first-order valence-corrected chi connectivity index (χ1v) is 8.69. The molecule has 0 saturated heterocycles. The minimum absolute atomic E-state index is 0.289. The summed E-state index contributed by atoms with van der Waals surface area (Å²) in [5, 5.41) is 13.1. The predicted octanol–water partition coefficient (Wildman–Crippen LogP) is 6.93. The Morgan fingerprint density at radius 3 is 2.50 bits per heavy atom. The van der Waals surface area contributed by atoms with Crippen LogP contribution >= 0.6 is 11.6 Å². The van der Waals surface area contributed by atoms with Crippen molar-refractivity contribution in [2.45, 2.75) is 32.6 Å². The van der Waals surface area contributed by atoms with Crippen molar-refractivity contribution in [3.05, 3.63) is 77.9 Å². The second-order valence-corrected chi connectivity index (χ2v) is 6.94. The summed E-state index contributed by atoms with van der Waals surface area (Å²) in [6, 6.07) is 12.1. The Bertz CT molecular complexity index is 773. The van der Waals surface area contributed by atoms with E-state index < -0.39 is 0 Å². The smallest absolute Gasteiger partial charge is 0.126 e. The summed E-state index contributed by atoms with van der Waals surface area (Å²) in [4.78, 5) is 0. The van der Waals surface area contributed by atoms with Crippen molar-refractivity contribution in [1.82, 2.24) is 0 Å².